The number of hydrogen-bond acceptors (Lipinski definition) is 3. The molecular formula is C16H19NO3S. The van der Waals surface area contributed by atoms with Crippen LogP contribution in [0.4, 0.5) is 0 Å². The molecule has 5 heteroatoms. The van der Waals surface area contributed by atoms with E-state index in [0.717, 1.165) is 11.1 Å². The summed E-state index contributed by atoms with van der Waals surface area (Å²) in [5, 5.41) is 0. The molecule has 1 aliphatic heterocycles. The third-order valence-corrected chi connectivity index (χ3v) is 5.39. The lowest BCUT2D eigenvalue weighted by atomic mass is 10.0. The van der Waals surface area contributed by atoms with Gasteiger partial charge in [-0.3, -0.25) is 4.79 Å². The van der Waals surface area contributed by atoms with Gasteiger partial charge < -0.3 is 0 Å². The lowest BCUT2D eigenvalue weighted by Gasteiger charge is -2.15. The Kier molecular flexibility index (Phi) is 4.44. The summed E-state index contributed by atoms with van der Waals surface area (Å²) in [5.74, 6) is -0.180. The van der Waals surface area contributed by atoms with Gasteiger partial charge in [-0.1, -0.05) is 23.8 Å². The molecular weight excluding hydrogens is 286 g/mol. The van der Waals surface area contributed by atoms with E-state index in [-0.39, 0.29) is 23.1 Å². The zero-order valence-corrected chi connectivity index (χ0v) is 13.1. The summed E-state index contributed by atoms with van der Waals surface area (Å²) in [5.41, 5.74) is 1.81. The Morgan fingerprint density at radius 1 is 1.33 bits per heavy atom. The van der Waals surface area contributed by atoms with Gasteiger partial charge in [-0.05, 0) is 37.6 Å². The number of carbonyl (C=O) groups excluding carboxylic acids is 1. The molecule has 1 fully saturated rings. The molecule has 1 saturated heterocycles. The summed E-state index contributed by atoms with van der Waals surface area (Å²) in [4.78, 5) is 11.5. The second-order valence-corrected chi connectivity index (χ2v) is 7.22. The number of nitrogens with zero attached hydrogens (tertiary/aromatic N) is 1. The minimum Gasteiger partial charge on any atom is -0.295 e. The molecule has 0 aromatic heterocycles. The fourth-order valence-electron chi connectivity index (χ4n) is 2.40. The van der Waals surface area contributed by atoms with Gasteiger partial charge in [-0.2, -0.15) is 4.31 Å². The highest BCUT2D eigenvalue weighted by atomic mass is 32.2. The molecule has 1 unspecified atom stereocenters. The van der Waals surface area contributed by atoms with Crippen LogP contribution < -0.4 is 0 Å². The van der Waals surface area contributed by atoms with Crippen molar-refractivity contribution in [3.8, 4) is 0 Å². The topological polar surface area (TPSA) is 54.5 Å². The largest absolute Gasteiger partial charge is 0.295 e. The van der Waals surface area contributed by atoms with Crippen molar-refractivity contribution in [3.05, 3.63) is 54.1 Å². The van der Waals surface area contributed by atoms with Gasteiger partial charge in [-0.25, -0.2) is 8.42 Å². The molecule has 0 saturated carbocycles. The molecule has 1 aromatic rings. The number of sulfonamides is 1. The molecule has 0 N–H and O–H groups in total. The van der Waals surface area contributed by atoms with Crippen LogP contribution in [0.15, 0.2) is 53.5 Å². The summed E-state index contributed by atoms with van der Waals surface area (Å²) >= 11 is 0. The van der Waals surface area contributed by atoms with E-state index in [9.17, 15) is 13.2 Å². The maximum atomic E-state index is 12.6. The van der Waals surface area contributed by atoms with E-state index >= 15 is 0 Å². The van der Waals surface area contributed by atoms with Gasteiger partial charge in [0.05, 0.1) is 4.90 Å². The maximum absolute atomic E-state index is 12.6. The monoisotopic (exact) mass is 305 g/mol. The van der Waals surface area contributed by atoms with Gasteiger partial charge in [0, 0.05) is 19.0 Å². The van der Waals surface area contributed by atoms with Gasteiger partial charge in [0.25, 0.3) is 0 Å². The first-order chi connectivity index (χ1) is 9.84. The third kappa shape index (κ3) is 3.31. The fourth-order valence-corrected chi connectivity index (χ4v) is 3.86. The van der Waals surface area contributed by atoms with Crippen molar-refractivity contribution in [1.29, 1.82) is 0 Å². The molecule has 21 heavy (non-hydrogen) atoms. The van der Waals surface area contributed by atoms with Crippen LogP contribution in [0.5, 0.6) is 0 Å². The Hall–Kier alpha value is -1.72. The van der Waals surface area contributed by atoms with Crippen LogP contribution in [0.2, 0.25) is 0 Å². The van der Waals surface area contributed by atoms with Crippen LogP contribution in [0.1, 0.15) is 12.5 Å². The first kappa shape index (κ1) is 15.7. The van der Waals surface area contributed by atoms with Gasteiger partial charge in [0.2, 0.25) is 10.0 Å². The Bertz CT molecular complexity index is 687. The molecule has 0 bridgehead atoms. The standard InChI is InChI=1S/C16H19NO3S/c1-4-14-10-17(11-15(14)9-13(3)18)21(19,20)16-7-5-12(2)6-8-16/h4-9,14H,1,10-11H2,2-3H3/b15-9+. The predicted molar refractivity (Wildman–Crippen MR) is 82.4 cm³/mol. The molecule has 0 aliphatic carbocycles. The third-order valence-electron chi connectivity index (χ3n) is 3.57. The van der Waals surface area contributed by atoms with Crippen molar-refractivity contribution >= 4 is 15.8 Å². The highest BCUT2D eigenvalue weighted by molar-refractivity contribution is 7.89. The Morgan fingerprint density at radius 2 is 1.95 bits per heavy atom. The smallest absolute Gasteiger partial charge is 0.243 e. The summed E-state index contributed by atoms with van der Waals surface area (Å²) in [6.07, 6.45) is 3.20. The molecule has 0 spiro atoms. The van der Waals surface area contributed by atoms with E-state index < -0.39 is 10.0 Å². The first-order valence-electron chi connectivity index (χ1n) is 6.75. The van der Waals surface area contributed by atoms with Crippen LogP contribution in [-0.2, 0) is 14.8 Å². The van der Waals surface area contributed by atoms with Gasteiger partial charge in [0.1, 0.15) is 0 Å². The molecule has 1 aromatic carbocycles. The maximum Gasteiger partial charge on any atom is 0.243 e. The zero-order chi connectivity index (χ0) is 15.6. The highest BCUT2D eigenvalue weighted by Gasteiger charge is 2.34. The van der Waals surface area contributed by atoms with Crippen molar-refractivity contribution in [1.82, 2.24) is 4.31 Å². The van der Waals surface area contributed by atoms with Crippen molar-refractivity contribution < 1.29 is 13.2 Å². The Labute approximate surface area is 125 Å². The summed E-state index contributed by atoms with van der Waals surface area (Å²) < 4.78 is 26.6. The average molecular weight is 305 g/mol. The molecule has 112 valence electrons. The minimum absolute atomic E-state index is 0.0774. The molecule has 0 amide bonds. The Morgan fingerprint density at radius 3 is 2.48 bits per heavy atom. The van der Waals surface area contributed by atoms with Gasteiger partial charge in [-0.15, -0.1) is 6.58 Å². The fraction of sp³-hybridized carbons (Fsp3) is 0.312. The zero-order valence-electron chi connectivity index (χ0n) is 12.2. The van der Waals surface area contributed by atoms with Crippen LogP contribution >= 0.6 is 0 Å². The van der Waals surface area contributed by atoms with E-state index in [4.69, 9.17) is 0 Å². The molecule has 2 rings (SSSR count). The first-order valence-corrected chi connectivity index (χ1v) is 8.19. The number of carbonyl (C=O) groups is 1. The number of benzene rings is 1. The number of ketones is 1. The molecule has 4 nitrogen and oxygen atoms in total. The van der Waals surface area contributed by atoms with E-state index in [0.29, 0.717) is 6.54 Å². The van der Waals surface area contributed by atoms with E-state index in [1.165, 1.54) is 17.3 Å². The Balaban J connectivity index is 2.32. The molecule has 1 atom stereocenters. The summed E-state index contributed by atoms with van der Waals surface area (Å²) in [6, 6.07) is 6.78. The minimum atomic E-state index is -3.53. The predicted octanol–water partition coefficient (Wildman–Crippen LogP) is 2.32. The lowest BCUT2D eigenvalue weighted by Crippen LogP contribution is -2.28. The van der Waals surface area contributed by atoms with Crippen molar-refractivity contribution in [2.24, 2.45) is 5.92 Å². The second-order valence-electron chi connectivity index (χ2n) is 5.28. The number of hydrogen-bond donors (Lipinski definition) is 0. The molecule has 1 aliphatic rings. The average Bonchev–Trinajstić information content (AvgIpc) is 2.82. The van der Waals surface area contributed by atoms with E-state index in [2.05, 4.69) is 6.58 Å². The lowest BCUT2D eigenvalue weighted by molar-refractivity contribution is -0.112. The van der Waals surface area contributed by atoms with Gasteiger partial charge in [0.15, 0.2) is 5.78 Å². The second kappa shape index (κ2) is 5.95. The molecule has 0 radical (unpaired) electrons. The highest BCUT2D eigenvalue weighted by Crippen LogP contribution is 2.29. The quantitative estimate of drug-likeness (QED) is 0.633. The van der Waals surface area contributed by atoms with Crippen LogP contribution in [-0.4, -0.2) is 31.6 Å². The van der Waals surface area contributed by atoms with Crippen molar-refractivity contribution in [2.75, 3.05) is 13.1 Å². The number of aryl methyl sites for hydroxylation is 1. The summed E-state index contributed by atoms with van der Waals surface area (Å²) in [7, 11) is -3.53. The van der Waals surface area contributed by atoms with Crippen LogP contribution in [0.3, 0.4) is 0 Å². The SMILES string of the molecule is C=CC1CN(S(=O)(=O)c2ccc(C)cc2)C/C1=C\C(C)=O. The number of rotatable bonds is 4. The van der Waals surface area contributed by atoms with Crippen LogP contribution in [0, 0.1) is 12.8 Å². The van der Waals surface area contributed by atoms with E-state index in [1.807, 2.05) is 6.92 Å². The van der Waals surface area contributed by atoms with Gasteiger partial charge >= 0.3 is 0 Å². The number of allylic oxidation sites excluding steroid dienone is 1. The van der Waals surface area contributed by atoms with Crippen molar-refractivity contribution in [3.63, 3.8) is 0 Å². The normalized spacial score (nSPS) is 21.6. The van der Waals surface area contributed by atoms with Crippen LogP contribution in [0.25, 0.3) is 0 Å². The molecule has 1 heterocycles. The van der Waals surface area contributed by atoms with E-state index in [1.54, 1.807) is 30.3 Å². The van der Waals surface area contributed by atoms with Crippen molar-refractivity contribution in [2.45, 2.75) is 18.7 Å². The summed E-state index contributed by atoms with van der Waals surface area (Å²) in [6.45, 7) is 7.68.